The van der Waals surface area contributed by atoms with Crippen molar-refractivity contribution in [2.75, 3.05) is 10.6 Å². The first-order valence-electron chi connectivity index (χ1n) is 9.12. The molecular formula is C21H21Cl2N3O2S2. The Morgan fingerprint density at radius 3 is 1.70 bits per heavy atom. The first kappa shape index (κ1) is 25.7. The van der Waals surface area contributed by atoms with Crippen molar-refractivity contribution in [3.8, 4) is 6.07 Å². The molecule has 3 rings (SSSR count). The van der Waals surface area contributed by atoms with E-state index in [2.05, 4.69) is 10.6 Å². The lowest BCUT2D eigenvalue weighted by atomic mass is 10.1. The zero-order chi connectivity index (χ0) is 22.7. The molecule has 9 heteroatoms. The highest BCUT2D eigenvalue weighted by molar-refractivity contribution is 7.13. The van der Waals surface area contributed by atoms with E-state index in [1.807, 2.05) is 33.8 Å². The lowest BCUT2D eigenvalue weighted by molar-refractivity contribution is 0.102. The van der Waals surface area contributed by atoms with Gasteiger partial charge in [-0.05, 0) is 41.1 Å². The second kappa shape index (κ2) is 13.0. The highest BCUT2D eigenvalue weighted by Gasteiger charge is 2.17. The third-order valence-corrected chi connectivity index (χ3v) is 5.97. The molecule has 3 aromatic rings. The Balaban J connectivity index is 0.00000106. The summed E-state index contributed by atoms with van der Waals surface area (Å²) in [4.78, 5) is 25.5. The van der Waals surface area contributed by atoms with Gasteiger partial charge in [0.05, 0.1) is 33.1 Å². The minimum absolute atomic E-state index is 0.291. The van der Waals surface area contributed by atoms with Gasteiger partial charge in [-0.15, -0.1) is 22.7 Å². The van der Waals surface area contributed by atoms with Gasteiger partial charge < -0.3 is 10.6 Å². The number of halogens is 2. The average Bonchev–Trinajstić information content (AvgIpc) is 3.40. The highest BCUT2D eigenvalue weighted by atomic mass is 35.5. The van der Waals surface area contributed by atoms with Crippen molar-refractivity contribution >= 4 is 69.1 Å². The van der Waals surface area contributed by atoms with E-state index in [0.717, 1.165) is 0 Å². The van der Waals surface area contributed by atoms with E-state index in [9.17, 15) is 9.59 Å². The first-order valence-corrected chi connectivity index (χ1v) is 11.6. The number of carbonyl (C=O) groups excluding carboxylic acids is 2. The second-order valence-electron chi connectivity index (χ2n) is 4.98. The number of amides is 2. The Hall–Kier alpha value is -2.37. The topological polar surface area (TPSA) is 82.0 Å². The van der Waals surface area contributed by atoms with E-state index in [0.29, 0.717) is 36.7 Å². The van der Waals surface area contributed by atoms with Crippen LogP contribution in [0.15, 0.2) is 41.1 Å². The van der Waals surface area contributed by atoms with Crippen LogP contribution in [0.3, 0.4) is 0 Å². The van der Waals surface area contributed by atoms with Crippen LogP contribution in [0, 0.1) is 11.3 Å². The molecule has 30 heavy (non-hydrogen) atoms. The lowest BCUT2D eigenvalue weighted by Crippen LogP contribution is -2.16. The van der Waals surface area contributed by atoms with Gasteiger partial charge in [-0.2, -0.15) is 5.26 Å². The van der Waals surface area contributed by atoms with Crippen molar-refractivity contribution in [3.05, 3.63) is 66.5 Å². The Morgan fingerprint density at radius 1 is 0.833 bits per heavy atom. The summed E-state index contributed by atoms with van der Waals surface area (Å²) >= 11 is 14.4. The van der Waals surface area contributed by atoms with Crippen molar-refractivity contribution in [3.63, 3.8) is 0 Å². The van der Waals surface area contributed by atoms with E-state index in [1.54, 1.807) is 35.0 Å². The first-order chi connectivity index (χ1) is 14.5. The molecule has 2 aromatic heterocycles. The molecule has 0 unspecified atom stereocenters. The van der Waals surface area contributed by atoms with Crippen LogP contribution in [0.4, 0.5) is 11.4 Å². The molecule has 158 valence electrons. The van der Waals surface area contributed by atoms with Gasteiger partial charge in [-0.3, -0.25) is 9.59 Å². The van der Waals surface area contributed by atoms with E-state index in [-0.39, 0.29) is 0 Å². The van der Waals surface area contributed by atoms with E-state index in [1.165, 1.54) is 28.7 Å². The van der Waals surface area contributed by atoms with Gasteiger partial charge in [0.15, 0.2) is 0 Å². The summed E-state index contributed by atoms with van der Waals surface area (Å²) in [6.07, 6.45) is 0. The largest absolute Gasteiger partial charge is 0.319 e. The molecule has 0 spiro atoms. The quantitative estimate of drug-likeness (QED) is 0.403. The van der Waals surface area contributed by atoms with Gasteiger partial charge in [0.25, 0.3) is 11.8 Å². The third kappa shape index (κ3) is 6.57. The van der Waals surface area contributed by atoms with Crippen molar-refractivity contribution in [1.29, 1.82) is 5.26 Å². The van der Waals surface area contributed by atoms with Crippen molar-refractivity contribution in [2.24, 2.45) is 0 Å². The molecule has 0 saturated carbocycles. The Labute approximate surface area is 194 Å². The number of nitrogens with zero attached hydrogens (tertiary/aromatic N) is 1. The molecule has 0 aliphatic carbocycles. The third-order valence-electron chi connectivity index (χ3n) is 3.29. The summed E-state index contributed by atoms with van der Waals surface area (Å²) in [5, 5.41) is 18.6. The smallest absolute Gasteiger partial charge is 0.267 e. The van der Waals surface area contributed by atoms with Crippen LogP contribution < -0.4 is 10.6 Å². The van der Waals surface area contributed by atoms with Crippen molar-refractivity contribution in [2.45, 2.75) is 27.7 Å². The van der Waals surface area contributed by atoms with Crippen LogP contribution in [-0.4, -0.2) is 11.8 Å². The minimum Gasteiger partial charge on any atom is -0.319 e. The Kier molecular flexibility index (Phi) is 11.2. The van der Waals surface area contributed by atoms with Crippen LogP contribution in [0.2, 0.25) is 10.0 Å². The second-order valence-corrected chi connectivity index (χ2v) is 7.62. The predicted molar refractivity (Wildman–Crippen MR) is 128 cm³/mol. The number of benzene rings is 1. The lowest BCUT2D eigenvalue weighted by Gasteiger charge is -2.12. The molecular weight excluding hydrogens is 461 g/mol. The SMILES string of the molecule is CC.CC.N#Cc1ccc(NC(=O)c2sccc2Cl)c(NC(=O)c2sccc2Cl)c1. The molecule has 0 aliphatic heterocycles. The molecule has 0 aliphatic rings. The number of anilines is 2. The summed E-state index contributed by atoms with van der Waals surface area (Å²) < 4.78 is 0. The van der Waals surface area contributed by atoms with Gasteiger partial charge in [-0.1, -0.05) is 50.9 Å². The number of carbonyl (C=O) groups is 2. The highest BCUT2D eigenvalue weighted by Crippen LogP contribution is 2.29. The molecule has 2 heterocycles. The molecule has 0 saturated heterocycles. The van der Waals surface area contributed by atoms with Crippen LogP contribution in [-0.2, 0) is 0 Å². The van der Waals surface area contributed by atoms with Crippen molar-refractivity contribution < 1.29 is 9.59 Å². The summed E-state index contributed by atoms with van der Waals surface area (Å²) in [5.41, 5.74) is 0.976. The van der Waals surface area contributed by atoms with Gasteiger partial charge in [0, 0.05) is 0 Å². The molecule has 5 nitrogen and oxygen atoms in total. The van der Waals surface area contributed by atoms with Gasteiger partial charge in [-0.25, -0.2) is 0 Å². The number of rotatable bonds is 4. The van der Waals surface area contributed by atoms with Crippen LogP contribution in [0.1, 0.15) is 52.6 Å². The fraction of sp³-hybridized carbons (Fsp3) is 0.190. The van der Waals surface area contributed by atoms with E-state index in [4.69, 9.17) is 28.5 Å². The standard InChI is InChI=1S/C17H9Cl2N3O2S2.2C2H6/c18-10-3-5-25-14(10)16(23)21-12-2-1-9(8-20)7-13(12)22-17(24)15-11(19)4-6-26-15;2*1-2/h1-7H,(H,21,23)(H,22,24);2*1-2H3. The van der Waals surface area contributed by atoms with E-state index < -0.39 is 11.8 Å². The number of thiophene rings is 2. The number of nitrogens with one attached hydrogen (secondary N) is 2. The van der Waals surface area contributed by atoms with Gasteiger partial charge in [0.1, 0.15) is 9.75 Å². The van der Waals surface area contributed by atoms with Gasteiger partial charge >= 0.3 is 0 Å². The number of hydrogen-bond acceptors (Lipinski definition) is 5. The summed E-state index contributed by atoms with van der Waals surface area (Å²) in [5.74, 6) is -0.830. The Bertz CT molecular complexity index is 1040. The zero-order valence-corrected chi connectivity index (χ0v) is 20.0. The summed E-state index contributed by atoms with van der Waals surface area (Å²) in [7, 11) is 0. The fourth-order valence-corrected chi connectivity index (χ4v) is 4.17. The fourth-order valence-electron chi connectivity index (χ4n) is 2.10. The number of nitriles is 1. The maximum absolute atomic E-state index is 12.4. The summed E-state index contributed by atoms with van der Waals surface area (Å²) in [6.45, 7) is 8.00. The van der Waals surface area contributed by atoms with E-state index >= 15 is 0 Å². The van der Waals surface area contributed by atoms with Crippen LogP contribution in [0.5, 0.6) is 0 Å². The Morgan fingerprint density at radius 2 is 1.30 bits per heavy atom. The van der Waals surface area contributed by atoms with Gasteiger partial charge in [0.2, 0.25) is 0 Å². The molecule has 1 aromatic carbocycles. The van der Waals surface area contributed by atoms with Crippen LogP contribution >= 0.6 is 45.9 Å². The molecule has 0 fully saturated rings. The minimum atomic E-state index is -0.426. The molecule has 0 atom stereocenters. The maximum Gasteiger partial charge on any atom is 0.267 e. The molecule has 0 radical (unpaired) electrons. The van der Waals surface area contributed by atoms with Crippen molar-refractivity contribution in [1.82, 2.24) is 0 Å². The maximum atomic E-state index is 12.4. The number of hydrogen-bond donors (Lipinski definition) is 2. The molecule has 2 amide bonds. The normalized spacial score (nSPS) is 9.23. The summed E-state index contributed by atoms with van der Waals surface area (Å²) in [6, 6.07) is 9.81. The average molecular weight is 482 g/mol. The predicted octanol–water partition coefficient (Wildman–Crippen LogP) is 7.55. The monoisotopic (exact) mass is 481 g/mol. The molecule has 0 bridgehead atoms. The zero-order valence-electron chi connectivity index (χ0n) is 16.9. The molecule has 2 N–H and O–H groups in total. The van der Waals surface area contributed by atoms with Crippen LogP contribution in [0.25, 0.3) is 0 Å².